The van der Waals surface area contributed by atoms with Crippen LogP contribution in [0.3, 0.4) is 0 Å². The third-order valence-corrected chi connectivity index (χ3v) is 6.56. The normalized spacial score (nSPS) is 11.4. The van der Waals surface area contributed by atoms with E-state index in [1.165, 1.54) is 0 Å². The molecule has 0 saturated heterocycles. The van der Waals surface area contributed by atoms with E-state index in [2.05, 4.69) is 11.5 Å². The number of carboxylic acids is 1. The van der Waals surface area contributed by atoms with Gasteiger partial charge in [0.2, 0.25) is 0 Å². The van der Waals surface area contributed by atoms with Crippen LogP contribution in [0.15, 0.2) is 65.7 Å². The molecule has 8 nitrogen and oxygen atoms in total. The maximum absolute atomic E-state index is 11.7. The molecule has 0 saturated carbocycles. The van der Waals surface area contributed by atoms with E-state index in [0.717, 1.165) is 46.4 Å². The van der Waals surface area contributed by atoms with Crippen molar-refractivity contribution in [3.8, 4) is 23.3 Å². The van der Waals surface area contributed by atoms with Gasteiger partial charge in [-0.3, -0.25) is 0 Å². The molecule has 1 heterocycles. The summed E-state index contributed by atoms with van der Waals surface area (Å²) in [4.78, 5) is 23.0. The Labute approximate surface area is 228 Å². The van der Waals surface area contributed by atoms with Gasteiger partial charge in [-0.05, 0) is 53.8 Å². The average Bonchev–Trinajstić information content (AvgIpc) is 3.26. The van der Waals surface area contributed by atoms with Crippen LogP contribution in [0.5, 0.6) is 0 Å². The predicted molar refractivity (Wildman–Crippen MR) is 152 cm³/mol. The molecule has 0 radical (unpaired) electrons. The minimum absolute atomic E-state index is 0.270. The largest absolute Gasteiger partial charge is 0.478 e. The molecule has 0 spiro atoms. The lowest BCUT2D eigenvalue weighted by atomic mass is 9.99. The van der Waals surface area contributed by atoms with Crippen molar-refractivity contribution in [3.63, 3.8) is 0 Å². The number of aryl methyl sites for hydroxylation is 2. The van der Waals surface area contributed by atoms with Crippen molar-refractivity contribution in [1.82, 2.24) is 14.5 Å². The molecule has 0 aliphatic carbocycles. The van der Waals surface area contributed by atoms with Crippen molar-refractivity contribution in [2.75, 3.05) is 14.1 Å². The number of aromatic nitrogens is 2. The van der Waals surface area contributed by atoms with Crippen LogP contribution in [-0.2, 0) is 13.0 Å². The molecule has 196 valence electrons. The van der Waals surface area contributed by atoms with Crippen LogP contribution in [0.1, 0.15) is 40.7 Å². The summed E-state index contributed by atoms with van der Waals surface area (Å²) < 4.78 is 2.19. The number of benzene rings is 3. The Morgan fingerprint density at radius 1 is 1.10 bits per heavy atom. The molecule has 0 bridgehead atoms. The standard InChI is InChI=1S/C31H30N6O2/c1-5-8-28-35-29-20(2)15-24(34-30(36(3)4)23(17-32)18-33)16-27(29)37(28)19-21-11-13-22(14-12-21)25-9-6-7-10-26(25)31(38)39/h6-7,9-16,23H,5,8,19H2,1-4H3,(H,38,39). The number of amidine groups is 1. The van der Waals surface area contributed by atoms with Crippen LogP contribution in [0, 0.1) is 35.5 Å². The summed E-state index contributed by atoms with van der Waals surface area (Å²) in [7, 11) is 3.54. The van der Waals surface area contributed by atoms with Gasteiger partial charge in [-0.2, -0.15) is 10.5 Å². The van der Waals surface area contributed by atoms with Crippen LogP contribution in [-0.4, -0.2) is 45.5 Å². The minimum atomic E-state index is -0.971. The first-order valence-electron chi connectivity index (χ1n) is 12.7. The second-order valence-corrected chi connectivity index (χ2v) is 9.60. The highest BCUT2D eigenvalue weighted by Crippen LogP contribution is 2.29. The first-order chi connectivity index (χ1) is 18.8. The lowest BCUT2D eigenvalue weighted by molar-refractivity contribution is 0.0697. The van der Waals surface area contributed by atoms with Gasteiger partial charge in [0, 0.05) is 27.1 Å². The van der Waals surface area contributed by atoms with E-state index < -0.39 is 11.9 Å². The van der Waals surface area contributed by atoms with Gasteiger partial charge < -0.3 is 14.6 Å². The maximum atomic E-state index is 11.7. The predicted octanol–water partition coefficient (Wildman–Crippen LogP) is 5.97. The fourth-order valence-electron chi connectivity index (χ4n) is 4.67. The monoisotopic (exact) mass is 518 g/mol. The van der Waals surface area contributed by atoms with Crippen LogP contribution in [0.25, 0.3) is 22.2 Å². The summed E-state index contributed by atoms with van der Waals surface area (Å²) in [5.74, 6) is -0.570. The summed E-state index contributed by atoms with van der Waals surface area (Å²) in [5, 5.41) is 28.4. The molecule has 1 aromatic heterocycles. The van der Waals surface area contributed by atoms with Gasteiger partial charge in [-0.25, -0.2) is 14.8 Å². The van der Waals surface area contributed by atoms with Crippen molar-refractivity contribution < 1.29 is 9.90 Å². The molecule has 3 aromatic carbocycles. The van der Waals surface area contributed by atoms with Crippen molar-refractivity contribution >= 4 is 28.5 Å². The van der Waals surface area contributed by atoms with Gasteiger partial charge in [0.25, 0.3) is 0 Å². The highest BCUT2D eigenvalue weighted by Gasteiger charge is 2.19. The molecular weight excluding hydrogens is 488 g/mol. The number of rotatable bonds is 8. The molecule has 0 aliphatic rings. The number of aromatic carboxylic acids is 1. The van der Waals surface area contributed by atoms with Gasteiger partial charge in [0.05, 0.1) is 34.4 Å². The van der Waals surface area contributed by atoms with E-state index in [1.807, 2.05) is 67.6 Å². The van der Waals surface area contributed by atoms with Crippen molar-refractivity contribution in [3.05, 3.63) is 83.2 Å². The Kier molecular flexibility index (Phi) is 8.07. The maximum Gasteiger partial charge on any atom is 0.336 e. The number of nitriles is 2. The zero-order chi connectivity index (χ0) is 28.1. The van der Waals surface area contributed by atoms with Crippen molar-refractivity contribution in [2.45, 2.75) is 33.2 Å². The van der Waals surface area contributed by atoms with Gasteiger partial charge >= 0.3 is 5.97 Å². The summed E-state index contributed by atoms with van der Waals surface area (Å²) in [5.41, 5.74) is 6.29. The molecule has 4 rings (SSSR count). The van der Waals surface area contributed by atoms with Gasteiger partial charge in [0.1, 0.15) is 11.7 Å². The van der Waals surface area contributed by atoms with E-state index >= 15 is 0 Å². The number of imidazole rings is 1. The van der Waals surface area contributed by atoms with Gasteiger partial charge in [0.15, 0.2) is 5.92 Å². The van der Waals surface area contributed by atoms with Crippen molar-refractivity contribution in [1.29, 1.82) is 10.5 Å². The number of fused-ring (bicyclic) bond motifs is 1. The zero-order valence-corrected chi connectivity index (χ0v) is 22.5. The molecule has 0 fully saturated rings. The average molecular weight is 519 g/mol. The van der Waals surface area contributed by atoms with Crippen molar-refractivity contribution in [2.24, 2.45) is 10.9 Å². The minimum Gasteiger partial charge on any atom is -0.478 e. The molecular formula is C31H30N6O2. The fraction of sp³-hybridized carbons (Fsp3) is 0.258. The fourth-order valence-corrected chi connectivity index (χ4v) is 4.67. The topological polar surface area (TPSA) is 118 Å². The number of carbonyl (C=O) groups is 1. The first kappa shape index (κ1) is 27.1. The summed E-state index contributed by atoms with van der Waals surface area (Å²) in [6.45, 7) is 4.69. The molecule has 4 aromatic rings. The second-order valence-electron chi connectivity index (χ2n) is 9.60. The lowest BCUT2D eigenvalue weighted by Crippen LogP contribution is -2.28. The van der Waals surface area contributed by atoms with Crippen LogP contribution in [0.2, 0.25) is 0 Å². The molecule has 0 atom stereocenters. The Morgan fingerprint density at radius 2 is 1.79 bits per heavy atom. The molecule has 1 N–H and O–H groups in total. The second kappa shape index (κ2) is 11.6. The smallest absolute Gasteiger partial charge is 0.336 e. The molecule has 39 heavy (non-hydrogen) atoms. The van der Waals surface area contributed by atoms with E-state index in [0.29, 0.717) is 23.6 Å². The highest BCUT2D eigenvalue weighted by molar-refractivity contribution is 5.96. The quantitative estimate of drug-likeness (QED) is 0.227. The summed E-state index contributed by atoms with van der Waals surface area (Å²) in [6, 6.07) is 22.8. The van der Waals surface area contributed by atoms with Gasteiger partial charge in [-0.1, -0.05) is 49.4 Å². The summed E-state index contributed by atoms with van der Waals surface area (Å²) >= 11 is 0. The molecule has 0 unspecified atom stereocenters. The first-order valence-corrected chi connectivity index (χ1v) is 12.7. The summed E-state index contributed by atoms with van der Waals surface area (Å²) in [6.07, 6.45) is 1.75. The van der Waals surface area contributed by atoms with E-state index in [9.17, 15) is 20.4 Å². The number of aliphatic imine (C=N–C) groups is 1. The lowest BCUT2D eigenvalue weighted by Gasteiger charge is -2.16. The van der Waals surface area contributed by atoms with Crippen LogP contribution >= 0.6 is 0 Å². The highest BCUT2D eigenvalue weighted by atomic mass is 16.4. The third-order valence-electron chi connectivity index (χ3n) is 6.56. The van der Waals surface area contributed by atoms with E-state index in [-0.39, 0.29) is 5.56 Å². The third kappa shape index (κ3) is 5.66. The SMILES string of the molecule is CCCc1nc2c(C)cc(N=C(C(C#N)C#N)N(C)C)cc2n1Cc1ccc(-c2ccccc2C(=O)O)cc1. The number of carboxylic acid groups (broad SMARTS) is 1. The zero-order valence-electron chi connectivity index (χ0n) is 22.5. The molecule has 8 heteroatoms. The number of nitrogens with zero attached hydrogens (tertiary/aromatic N) is 6. The Hall–Kier alpha value is -4.95. The van der Waals surface area contributed by atoms with E-state index in [4.69, 9.17) is 9.98 Å². The van der Waals surface area contributed by atoms with Gasteiger partial charge in [-0.15, -0.1) is 0 Å². The number of hydrogen-bond donors (Lipinski definition) is 1. The van der Waals surface area contributed by atoms with E-state index in [1.54, 1.807) is 31.1 Å². The number of hydrogen-bond acceptors (Lipinski definition) is 5. The Bertz CT molecular complexity index is 1620. The molecule has 0 aliphatic heterocycles. The van der Waals surface area contributed by atoms with Crippen LogP contribution in [0.4, 0.5) is 5.69 Å². The Balaban J connectivity index is 1.77. The molecule has 0 amide bonds. The Morgan fingerprint density at radius 3 is 2.41 bits per heavy atom. The van der Waals surface area contributed by atoms with Crippen LogP contribution < -0.4 is 0 Å².